The van der Waals surface area contributed by atoms with Crippen molar-refractivity contribution in [3.63, 3.8) is 0 Å². The molecule has 0 atom stereocenters. The van der Waals surface area contributed by atoms with Crippen molar-refractivity contribution >= 4 is 21.5 Å². The predicted octanol–water partition coefficient (Wildman–Crippen LogP) is 8.85. The molecule has 0 spiro atoms. The molecule has 0 aliphatic heterocycles. The zero-order valence-electron chi connectivity index (χ0n) is 20.6. The first-order chi connectivity index (χ1) is 18.8. The van der Waals surface area contributed by atoms with Gasteiger partial charge in [0.05, 0.1) is 5.69 Å². The number of benzene rings is 5. The van der Waals surface area contributed by atoms with Gasteiger partial charge in [0, 0.05) is 29.7 Å². The van der Waals surface area contributed by atoms with Crippen LogP contribution in [0.2, 0.25) is 0 Å². The highest BCUT2D eigenvalue weighted by atomic mass is 14.9. The normalized spacial score (nSPS) is 11.2. The van der Waals surface area contributed by atoms with Gasteiger partial charge < -0.3 is 0 Å². The minimum atomic E-state index is 0.736. The van der Waals surface area contributed by atoms with E-state index in [2.05, 4.69) is 119 Å². The zero-order chi connectivity index (χ0) is 25.3. The Bertz CT molecular complexity index is 1890. The topological polar surface area (TPSA) is 38.7 Å². The number of pyridine rings is 1. The summed E-state index contributed by atoms with van der Waals surface area (Å²) in [4.78, 5) is 13.9. The summed E-state index contributed by atoms with van der Waals surface area (Å²) < 4.78 is 0. The molecule has 7 rings (SSSR count). The van der Waals surface area contributed by atoms with E-state index in [1.54, 1.807) is 6.20 Å². The van der Waals surface area contributed by atoms with Gasteiger partial charge in [-0.2, -0.15) is 0 Å². The van der Waals surface area contributed by atoms with Gasteiger partial charge in [0.25, 0.3) is 0 Å². The molecule has 3 heteroatoms. The van der Waals surface area contributed by atoms with E-state index in [0.717, 1.165) is 39.2 Å². The molecule has 3 nitrogen and oxygen atoms in total. The molecule has 0 saturated heterocycles. The average Bonchev–Trinajstić information content (AvgIpc) is 3.01. The van der Waals surface area contributed by atoms with Crippen LogP contribution in [0, 0.1) is 0 Å². The van der Waals surface area contributed by atoms with E-state index >= 15 is 0 Å². The Morgan fingerprint density at radius 1 is 0.447 bits per heavy atom. The van der Waals surface area contributed by atoms with E-state index in [0.29, 0.717) is 0 Å². The van der Waals surface area contributed by atoms with Crippen LogP contribution in [-0.4, -0.2) is 15.0 Å². The van der Waals surface area contributed by atoms with Crippen molar-refractivity contribution in [1.82, 2.24) is 15.0 Å². The van der Waals surface area contributed by atoms with Crippen LogP contribution in [0.25, 0.3) is 66.4 Å². The third-order valence-electron chi connectivity index (χ3n) is 7.06. The summed E-state index contributed by atoms with van der Waals surface area (Å²) in [6.45, 7) is 0. The fourth-order valence-electron chi connectivity index (χ4n) is 5.11. The van der Waals surface area contributed by atoms with Crippen LogP contribution < -0.4 is 0 Å². The van der Waals surface area contributed by atoms with Gasteiger partial charge in [0.15, 0.2) is 5.82 Å². The molecule has 0 aliphatic carbocycles. The van der Waals surface area contributed by atoms with Crippen molar-refractivity contribution in [3.8, 4) is 44.9 Å². The Kier molecular flexibility index (Phi) is 5.45. The molecule has 0 aliphatic rings. The van der Waals surface area contributed by atoms with E-state index in [-0.39, 0.29) is 0 Å². The monoisotopic (exact) mass is 485 g/mol. The van der Waals surface area contributed by atoms with Crippen molar-refractivity contribution in [1.29, 1.82) is 0 Å². The van der Waals surface area contributed by atoms with Gasteiger partial charge in [-0.1, -0.05) is 103 Å². The molecule has 0 radical (unpaired) electrons. The third kappa shape index (κ3) is 4.00. The maximum absolute atomic E-state index is 5.00. The first-order valence-electron chi connectivity index (χ1n) is 12.7. The molecule has 0 amide bonds. The van der Waals surface area contributed by atoms with Crippen molar-refractivity contribution in [2.45, 2.75) is 0 Å². The van der Waals surface area contributed by atoms with Gasteiger partial charge in [-0.15, -0.1) is 0 Å². The summed E-state index contributed by atoms with van der Waals surface area (Å²) in [6.07, 6.45) is 5.54. The number of hydrogen-bond acceptors (Lipinski definition) is 3. The number of hydrogen-bond donors (Lipinski definition) is 0. The minimum Gasteiger partial charge on any atom is -0.264 e. The van der Waals surface area contributed by atoms with Crippen molar-refractivity contribution in [3.05, 3.63) is 140 Å². The lowest BCUT2D eigenvalue weighted by Gasteiger charge is -2.11. The number of rotatable bonds is 4. The van der Waals surface area contributed by atoms with Gasteiger partial charge in [0.2, 0.25) is 0 Å². The van der Waals surface area contributed by atoms with Crippen molar-refractivity contribution < 1.29 is 0 Å². The molecular weight excluding hydrogens is 462 g/mol. The minimum absolute atomic E-state index is 0.736. The summed E-state index contributed by atoms with van der Waals surface area (Å²) in [7, 11) is 0. The van der Waals surface area contributed by atoms with Crippen LogP contribution in [0.1, 0.15) is 0 Å². The van der Waals surface area contributed by atoms with Crippen LogP contribution in [0.5, 0.6) is 0 Å². The molecule has 0 N–H and O–H groups in total. The molecular formula is C35H23N3. The quantitative estimate of drug-likeness (QED) is 0.234. The van der Waals surface area contributed by atoms with Crippen LogP contribution in [0.4, 0.5) is 0 Å². The van der Waals surface area contributed by atoms with Gasteiger partial charge >= 0.3 is 0 Å². The Labute approximate surface area is 221 Å². The van der Waals surface area contributed by atoms with E-state index in [1.807, 2.05) is 24.5 Å². The summed E-state index contributed by atoms with van der Waals surface area (Å²) in [5, 5.41) is 4.81. The molecule has 0 fully saturated rings. The number of nitrogens with zero attached hydrogens (tertiary/aromatic N) is 3. The second-order valence-electron chi connectivity index (χ2n) is 9.35. The molecule has 178 valence electrons. The highest BCUT2D eigenvalue weighted by molar-refractivity contribution is 6.13. The van der Waals surface area contributed by atoms with Crippen LogP contribution in [0.15, 0.2) is 140 Å². The number of aromatic nitrogens is 3. The Hall–Kier alpha value is -5.15. The van der Waals surface area contributed by atoms with E-state index in [4.69, 9.17) is 4.98 Å². The van der Waals surface area contributed by atoms with Gasteiger partial charge in [-0.25, -0.2) is 9.97 Å². The second kappa shape index (κ2) is 9.38. The Morgan fingerprint density at radius 3 is 1.79 bits per heavy atom. The molecule has 0 unspecified atom stereocenters. The first-order valence-corrected chi connectivity index (χ1v) is 12.7. The van der Waals surface area contributed by atoms with Gasteiger partial charge in [-0.05, 0) is 62.0 Å². The molecule has 7 aromatic rings. The molecule has 2 heterocycles. The third-order valence-corrected chi connectivity index (χ3v) is 7.06. The first kappa shape index (κ1) is 22.1. The standard InChI is InChI=1S/C35H23N3/c1-2-8-30-28(6-1)22-33(32-10-4-3-9-31(30)32)35-37-21-19-34(38-35)27-17-15-25(16-18-27)24-11-13-26(14-12-24)29-7-5-20-36-23-29/h1-23H. The highest BCUT2D eigenvalue weighted by Crippen LogP contribution is 2.34. The van der Waals surface area contributed by atoms with Crippen LogP contribution >= 0.6 is 0 Å². The van der Waals surface area contributed by atoms with E-state index in [9.17, 15) is 0 Å². The molecule has 0 bridgehead atoms. The van der Waals surface area contributed by atoms with Crippen molar-refractivity contribution in [2.75, 3.05) is 0 Å². The molecule has 38 heavy (non-hydrogen) atoms. The Balaban J connectivity index is 1.23. The van der Waals surface area contributed by atoms with Crippen molar-refractivity contribution in [2.24, 2.45) is 0 Å². The summed E-state index contributed by atoms with van der Waals surface area (Å²) in [5.74, 6) is 0.736. The molecule has 2 aromatic heterocycles. The lowest BCUT2D eigenvalue weighted by molar-refractivity contribution is 1.18. The summed E-state index contributed by atoms with van der Waals surface area (Å²) >= 11 is 0. The summed E-state index contributed by atoms with van der Waals surface area (Å²) in [5.41, 5.74) is 7.64. The highest BCUT2D eigenvalue weighted by Gasteiger charge is 2.12. The van der Waals surface area contributed by atoms with Crippen LogP contribution in [0.3, 0.4) is 0 Å². The largest absolute Gasteiger partial charge is 0.264 e. The summed E-state index contributed by atoms with van der Waals surface area (Å²) in [6, 6.07) is 42.4. The molecule has 5 aromatic carbocycles. The van der Waals surface area contributed by atoms with Crippen LogP contribution in [-0.2, 0) is 0 Å². The van der Waals surface area contributed by atoms with E-state index < -0.39 is 0 Å². The lowest BCUT2D eigenvalue weighted by atomic mass is 9.96. The SMILES string of the molecule is c1cncc(-c2ccc(-c3ccc(-c4ccnc(-c5cc6ccccc6c6ccccc56)n4)cc3)cc2)c1. The zero-order valence-corrected chi connectivity index (χ0v) is 20.6. The predicted molar refractivity (Wildman–Crippen MR) is 157 cm³/mol. The smallest absolute Gasteiger partial charge is 0.160 e. The van der Waals surface area contributed by atoms with Gasteiger partial charge in [0.1, 0.15) is 0 Å². The van der Waals surface area contributed by atoms with Gasteiger partial charge in [-0.3, -0.25) is 4.98 Å². The average molecular weight is 486 g/mol. The second-order valence-corrected chi connectivity index (χ2v) is 9.35. The Morgan fingerprint density at radius 2 is 1.08 bits per heavy atom. The number of fused-ring (bicyclic) bond motifs is 3. The fourth-order valence-corrected chi connectivity index (χ4v) is 5.11. The molecule has 0 saturated carbocycles. The maximum atomic E-state index is 5.00. The van der Waals surface area contributed by atoms with E-state index in [1.165, 1.54) is 27.3 Å². The lowest BCUT2D eigenvalue weighted by Crippen LogP contribution is -1.93. The maximum Gasteiger partial charge on any atom is 0.160 e. The fraction of sp³-hybridized carbons (Fsp3) is 0.